The van der Waals surface area contributed by atoms with Crippen molar-refractivity contribution in [2.75, 3.05) is 13.2 Å². The van der Waals surface area contributed by atoms with Crippen molar-refractivity contribution in [1.82, 2.24) is 5.32 Å². The molecule has 24 heavy (non-hydrogen) atoms. The highest BCUT2D eigenvalue weighted by molar-refractivity contribution is 5.87. The van der Waals surface area contributed by atoms with E-state index in [1.54, 1.807) is 19.1 Å². The summed E-state index contributed by atoms with van der Waals surface area (Å²) in [6.07, 6.45) is 2.24. The molecule has 0 bridgehead atoms. The first kappa shape index (κ1) is 20.1. The van der Waals surface area contributed by atoms with E-state index in [2.05, 4.69) is 5.32 Å². The van der Waals surface area contributed by atoms with Gasteiger partial charge in [-0.3, -0.25) is 4.79 Å². The molecule has 2 atom stereocenters. The average molecular weight is 339 g/mol. The van der Waals surface area contributed by atoms with Gasteiger partial charge in [-0.15, -0.1) is 0 Å². The molecule has 0 aliphatic rings. The van der Waals surface area contributed by atoms with Crippen molar-refractivity contribution >= 4 is 11.9 Å². The molecule has 5 N–H and O–H groups in total. The van der Waals surface area contributed by atoms with Crippen molar-refractivity contribution in [3.8, 4) is 0 Å². The lowest BCUT2D eigenvalue weighted by Crippen LogP contribution is -2.49. The highest BCUT2D eigenvalue weighted by Gasteiger charge is 2.25. The Labute approximate surface area is 141 Å². The molecule has 6 nitrogen and oxygen atoms in total. The van der Waals surface area contributed by atoms with Gasteiger partial charge in [0.05, 0.1) is 12.6 Å². The largest absolute Gasteiger partial charge is 0.464 e. The molecule has 1 amide bonds. The molecule has 0 heterocycles. The number of carbonyl (C=O) groups is 2. The maximum atomic E-state index is 13.0. The van der Waals surface area contributed by atoms with Gasteiger partial charge in [0.25, 0.3) is 0 Å². The van der Waals surface area contributed by atoms with E-state index in [1.807, 2.05) is 0 Å². The Balaban J connectivity index is 2.69. The van der Waals surface area contributed by atoms with Crippen molar-refractivity contribution in [2.45, 2.75) is 44.7 Å². The van der Waals surface area contributed by atoms with Gasteiger partial charge in [0.2, 0.25) is 5.91 Å². The smallest absolute Gasteiger partial charge is 0.328 e. The fourth-order valence-corrected chi connectivity index (χ4v) is 2.21. The van der Waals surface area contributed by atoms with Crippen LogP contribution in [-0.2, 0) is 20.7 Å². The van der Waals surface area contributed by atoms with Crippen molar-refractivity contribution in [1.29, 1.82) is 0 Å². The lowest BCUT2D eigenvalue weighted by atomic mass is 10.0. The second kappa shape index (κ2) is 10.7. The molecular formula is C17H26FN3O3. The van der Waals surface area contributed by atoms with Gasteiger partial charge in [-0.1, -0.05) is 18.6 Å². The third-order valence-electron chi connectivity index (χ3n) is 3.55. The van der Waals surface area contributed by atoms with Crippen LogP contribution in [0.25, 0.3) is 0 Å². The van der Waals surface area contributed by atoms with Crippen molar-refractivity contribution in [2.24, 2.45) is 11.5 Å². The third kappa shape index (κ3) is 7.06. The molecule has 0 spiro atoms. The van der Waals surface area contributed by atoms with Crippen LogP contribution in [0.4, 0.5) is 4.39 Å². The van der Waals surface area contributed by atoms with Crippen molar-refractivity contribution < 1.29 is 18.7 Å². The van der Waals surface area contributed by atoms with Crippen LogP contribution in [0.5, 0.6) is 0 Å². The Hall–Kier alpha value is -1.99. The maximum Gasteiger partial charge on any atom is 0.328 e. The van der Waals surface area contributed by atoms with E-state index in [1.165, 1.54) is 12.1 Å². The number of amides is 1. The fraction of sp³-hybridized carbons (Fsp3) is 0.529. The first-order chi connectivity index (χ1) is 11.5. The Morgan fingerprint density at radius 2 is 1.92 bits per heavy atom. The molecule has 1 aromatic carbocycles. The zero-order chi connectivity index (χ0) is 17.9. The van der Waals surface area contributed by atoms with Gasteiger partial charge in [0, 0.05) is 6.42 Å². The van der Waals surface area contributed by atoms with Gasteiger partial charge < -0.3 is 21.5 Å². The minimum atomic E-state index is -0.858. The lowest BCUT2D eigenvalue weighted by Gasteiger charge is -2.20. The number of ether oxygens (including phenoxy) is 1. The van der Waals surface area contributed by atoms with E-state index >= 15 is 0 Å². The summed E-state index contributed by atoms with van der Waals surface area (Å²) in [5.41, 5.74) is 12.0. The molecule has 1 aromatic rings. The fourth-order valence-electron chi connectivity index (χ4n) is 2.21. The quantitative estimate of drug-likeness (QED) is 0.433. The zero-order valence-electron chi connectivity index (χ0n) is 14.0. The molecular weight excluding hydrogens is 313 g/mol. The Kier molecular flexibility index (Phi) is 8.96. The number of hydrogen-bond acceptors (Lipinski definition) is 5. The minimum Gasteiger partial charge on any atom is -0.464 e. The van der Waals surface area contributed by atoms with Crippen molar-refractivity contribution in [3.63, 3.8) is 0 Å². The molecule has 0 saturated heterocycles. The lowest BCUT2D eigenvalue weighted by molar-refractivity contribution is -0.147. The second-order valence-electron chi connectivity index (χ2n) is 5.53. The number of rotatable bonds is 10. The van der Waals surface area contributed by atoms with Crippen LogP contribution in [0, 0.1) is 5.82 Å². The Morgan fingerprint density at radius 3 is 2.50 bits per heavy atom. The number of unbranched alkanes of at least 4 members (excludes halogenated alkanes) is 1. The highest BCUT2D eigenvalue weighted by atomic mass is 19.1. The summed E-state index contributed by atoms with van der Waals surface area (Å²) in [7, 11) is 0. The van der Waals surface area contributed by atoms with Gasteiger partial charge >= 0.3 is 5.97 Å². The monoisotopic (exact) mass is 339 g/mol. The third-order valence-corrected chi connectivity index (χ3v) is 3.55. The second-order valence-corrected chi connectivity index (χ2v) is 5.53. The van der Waals surface area contributed by atoms with Crippen LogP contribution in [0.1, 0.15) is 31.7 Å². The van der Waals surface area contributed by atoms with E-state index in [0.717, 1.165) is 12.8 Å². The standard InChI is InChI=1S/C17H26FN3O3/c1-2-24-17(23)15(11-12-6-8-13(18)9-7-12)21-16(22)14(20)5-3-4-10-19/h6-9,14-15H,2-5,10-11,19-20H2,1H3,(H,21,22)/t14-,15-/m0/s1. The number of nitrogens with two attached hydrogens (primary N) is 2. The van der Waals surface area contributed by atoms with E-state index in [0.29, 0.717) is 18.5 Å². The Morgan fingerprint density at radius 1 is 1.25 bits per heavy atom. The summed E-state index contributed by atoms with van der Waals surface area (Å²) in [6.45, 7) is 2.44. The van der Waals surface area contributed by atoms with Crippen LogP contribution < -0.4 is 16.8 Å². The average Bonchev–Trinajstić information content (AvgIpc) is 2.56. The van der Waals surface area contributed by atoms with E-state index in [9.17, 15) is 14.0 Å². The number of benzene rings is 1. The van der Waals surface area contributed by atoms with Gasteiger partial charge in [0.15, 0.2) is 0 Å². The molecule has 7 heteroatoms. The van der Waals surface area contributed by atoms with E-state index in [-0.39, 0.29) is 18.8 Å². The van der Waals surface area contributed by atoms with Gasteiger partial charge in [-0.2, -0.15) is 0 Å². The number of hydrogen-bond donors (Lipinski definition) is 3. The molecule has 0 saturated carbocycles. The summed E-state index contributed by atoms with van der Waals surface area (Å²) in [4.78, 5) is 24.2. The first-order valence-electron chi connectivity index (χ1n) is 8.15. The minimum absolute atomic E-state index is 0.206. The topological polar surface area (TPSA) is 107 Å². The number of esters is 1. The van der Waals surface area contributed by atoms with Gasteiger partial charge in [0.1, 0.15) is 11.9 Å². The molecule has 0 aliphatic heterocycles. The normalized spacial score (nSPS) is 13.2. The zero-order valence-corrected chi connectivity index (χ0v) is 14.0. The van der Waals surface area contributed by atoms with Crippen LogP contribution in [0.2, 0.25) is 0 Å². The SMILES string of the molecule is CCOC(=O)[C@H](Cc1ccc(F)cc1)NC(=O)[C@@H](N)CCCCN. The molecule has 134 valence electrons. The van der Waals surface area contributed by atoms with Crippen LogP contribution in [0.3, 0.4) is 0 Å². The molecule has 0 aromatic heterocycles. The molecule has 0 unspecified atom stereocenters. The van der Waals surface area contributed by atoms with Crippen LogP contribution in [-0.4, -0.2) is 37.1 Å². The summed E-state index contributed by atoms with van der Waals surface area (Å²) < 4.78 is 18.0. The van der Waals surface area contributed by atoms with E-state index in [4.69, 9.17) is 16.2 Å². The predicted octanol–water partition coefficient (Wildman–Crippen LogP) is 0.872. The highest BCUT2D eigenvalue weighted by Crippen LogP contribution is 2.08. The first-order valence-corrected chi connectivity index (χ1v) is 8.15. The molecule has 0 radical (unpaired) electrons. The summed E-state index contributed by atoms with van der Waals surface area (Å²) in [6, 6.07) is 4.17. The van der Waals surface area contributed by atoms with Crippen molar-refractivity contribution in [3.05, 3.63) is 35.6 Å². The number of nitrogens with one attached hydrogen (secondary N) is 1. The molecule has 1 rings (SSSR count). The number of halogens is 1. The van der Waals surface area contributed by atoms with Crippen LogP contribution in [0.15, 0.2) is 24.3 Å². The maximum absolute atomic E-state index is 13.0. The van der Waals surface area contributed by atoms with Gasteiger partial charge in [-0.25, -0.2) is 9.18 Å². The summed E-state index contributed by atoms with van der Waals surface area (Å²) in [5.74, 6) is -1.31. The molecule has 0 fully saturated rings. The summed E-state index contributed by atoms with van der Waals surface area (Å²) in [5, 5.41) is 2.63. The van der Waals surface area contributed by atoms with Gasteiger partial charge in [-0.05, 0) is 44.0 Å². The van der Waals surface area contributed by atoms with Crippen LogP contribution >= 0.6 is 0 Å². The number of carbonyl (C=O) groups excluding carboxylic acids is 2. The molecule has 0 aliphatic carbocycles. The Bertz CT molecular complexity index is 522. The predicted molar refractivity (Wildman–Crippen MR) is 89.5 cm³/mol. The summed E-state index contributed by atoms with van der Waals surface area (Å²) >= 11 is 0. The van der Waals surface area contributed by atoms with E-state index < -0.39 is 24.0 Å².